The molecule has 4 heteroatoms. The van der Waals surface area contributed by atoms with E-state index >= 15 is 0 Å². The molecule has 0 amide bonds. The molecule has 1 fully saturated rings. The van der Waals surface area contributed by atoms with Crippen molar-refractivity contribution in [3.8, 4) is 0 Å². The third-order valence-corrected chi connectivity index (χ3v) is 3.99. The summed E-state index contributed by atoms with van der Waals surface area (Å²) in [6.07, 6.45) is 3.96. The van der Waals surface area contributed by atoms with Crippen molar-refractivity contribution in [2.45, 2.75) is 37.8 Å². The fourth-order valence-electron chi connectivity index (χ4n) is 2.09. The van der Waals surface area contributed by atoms with Crippen molar-refractivity contribution in [1.29, 1.82) is 0 Å². The lowest BCUT2D eigenvalue weighted by molar-refractivity contribution is 0.116. The van der Waals surface area contributed by atoms with Gasteiger partial charge in [-0.05, 0) is 53.6 Å². The summed E-state index contributed by atoms with van der Waals surface area (Å²) in [6, 6.07) is 6.07. The normalized spacial score (nSPS) is 25.4. The van der Waals surface area contributed by atoms with Gasteiger partial charge in [0.05, 0.1) is 22.9 Å². The van der Waals surface area contributed by atoms with E-state index in [1.807, 2.05) is 18.2 Å². The van der Waals surface area contributed by atoms with E-state index in [2.05, 4.69) is 27.9 Å². The second kappa shape index (κ2) is 5.56. The molecular weight excluding hydrogens is 336 g/mol. The summed E-state index contributed by atoms with van der Waals surface area (Å²) in [4.78, 5) is 0. The zero-order valence-electron chi connectivity index (χ0n) is 8.92. The Bertz CT molecular complexity index is 372. The molecule has 2 N–H and O–H groups in total. The summed E-state index contributed by atoms with van der Waals surface area (Å²) < 4.78 is 1.12. The van der Waals surface area contributed by atoms with Crippen LogP contribution in [0.15, 0.2) is 18.2 Å². The van der Waals surface area contributed by atoms with Gasteiger partial charge in [-0.25, -0.2) is 0 Å². The molecule has 1 aliphatic carbocycles. The number of anilines is 1. The lowest BCUT2D eigenvalue weighted by Crippen LogP contribution is -2.36. The molecule has 2 atom stereocenters. The average Bonchev–Trinajstić information content (AvgIpc) is 2.25. The number of aliphatic hydroxyl groups excluding tert-OH is 1. The maximum absolute atomic E-state index is 9.87. The Morgan fingerprint density at radius 3 is 2.75 bits per heavy atom. The van der Waals surface area contributed by atoms with Crippen LogP contribution in [0.1, 0.15) is 25.7 Å². The molecule has 1 aromatic rings. The smallest absolute Gasteiger partial charge is 0.0741 e. The molecule has 0 bridgehead atoms. The van der Waals surface area contributed by atoms with Gasteiger partial charge in [0.25, 0.3) is 0 Å². The predicted octanol–water partition coefficient (Wildman–Crippen LogP) is 3.66. The Labute approximate surface area is 115 Å². The second-order valence-electron chi connectivity index (χ2n) is 4.23. The molecule has 0 unspecified atom stereocenters. The highest BCUT2D eigenvalue weighted by Gasteiger charge is 2.23. The standard InChI is InChI=1S/C12H15ClINO/c13-9-7-8(14)5-6-10(9)15-11-3-1-2-4-12(11)16/h5-7,11-12,15-16H,1-4H2/t11-,12-/m0/s1. The van der Waals surface area contributed by atoms with Gasteiger partial charge in [-0.15, -0.1) is 0 Å². The molecule has 88 valence electrons. The number of hydrogen-bond acceptors (Lipinski definition) is 2. The first kappa shape index (κ1) is 12.5. The summed E-state index contributed by atoms with van der Waals surface area (Å²) in [5.74, 6) is 0. The number of hydrogen-bond donors (Lipinski definition) is 2. The van der Waals surface area contributed by atoms with Crippen molar-refractivity contribution < 1.29 is 5.11 Å². The molecule has 0 heterocycles. The fourth-order valence-corrected chi connectivity index (χ4v) is 3.00. The van der Waals surface area contributed by atoms with Crippen LogP contribution in [0, 0.1) is 3.57 Å². The molecule has 2 rings (SSSR count). The van der Waals surface area contributed by atoms with E-state index in [0.717, 1.165) is 33.5 Å². The van der Waals surface area contributed by atoms with Crippen molar-refractivity contribution in [3.63, 3.8) is 0 Å². The lowest BCUT2D eigenvalue weighted by Gasteiger charge is -2.29. The molecule has 1 aromatic carbocycles. The quantitative estimate of drug-likeness (QED) is 0.797. The molecule has 0 radical (unpaired) electrons. The van der Waals surface area contributed by atoms with Crippen LogP contribution in [0.2, 0.25) is 5.02 Å². The van der Waals surface area contributed by atoms with E-state index < -0.39 is 0 Å². The van der Waals surface area contributed by atoms with Gasteiger partial charge in [-0.2, -0.15) is 0 Å². The molecule has 1 aliphatic rings. The van der Waals surface area contributed by atoms with Crippen LogP contribution >= 0.6 is 34.2 Å². The number of benzene rings is 1. The van der Waals surface area contributed by atoms with E-state index in [1.165, 1.54) is 6.42 Å². The highest BCUT2D eigenvalue weighted by atomic mass is 127. The first-order valence-corrected chi connectivity index (χ1v) is 7.02. The van der Waals surface area contributed by atoms with Gasteiger partial charge in [-0.1, -0.05) is 24.4 Å². The molecule has 1 saturated carbocycles. The molecule has 2 nitrogen and oxygen atoms in total. The minimum Gasteiger partial charge on any atom is -0.391 e. The summed E-state index contributed by atoms with van der Waals surface area (Å²) >= 11 is 8.38. The molecule has 0 spiro atoms. The Hall–Kier alpha value is -0.0000000000000000555. The van der Waals surface area contributed by atoms with Gasteiger partial charge in [0.2, 0.25) is 0 Å². The number of nitrogens with one attached hydrogen (secondary N) is 1. The number of halogens is 2. The van der Waals surface area contributed by atoms with Crippen molar-refractivity contribution in [1.82, 2.24) is 0 Å². The van der Waals surface area contributed by atoms with Gasteiger partial charge in [-0.3, -0.25) is 0 Å². The zero-order valence-corrected chi connectivity index (χ0v) is 11.8. The maximum atomic E-state index is 9.87. The van der Waals surface area contributed by atoms with Gasteiger partial charge in [0, 0.05) is 3.57 Å². The Morgan fingerprint density at radius 1 is 1.31 bits per heavy atom. The Balaban J connectivity index is 2.07. The zero-order chi connectivity index (χ0) is 11.5. The fraction of sp³-hybridized carbons (Fsp3) is 0.500. The second-order valence-corrected chi connectivity index (χ2v) is 5.88. The monoisotopic (exact) mass is 351 g/mol. The first-order valence-electron chi connectivity index (χ1n) is 5.56. The summed E-state index contributed by atoms with van der Waals surface area (Å²) in [5, 5.41) is 13.9. The van der Waals surface area contributed by atoms with Crippen molar-refractivity contribution >= 4 is 39.9 Å². The van der Waals surface area contributed by atoms with Crippen LogP contribution in [0.4, 0.5) is 5.69 Å². The third kappa shape index (κ3) is 3.02. The van der Waals surface area contributed by atoms with Crippen LogP contribution < -0.4 is 5.32 Å². The average molecular weight is 352 g/mol. The first-order chi connectivity index (χ1) is 7.66. The van der Waals surface area contributed by atoms with Gasteiger partial charge in [0.1, 0.15) is 0 Å². The topological polar surface area (TPSA) is 32.3 Å². The molecule has 0 aromatic heterocycles. The van der Waals surface area contributed by atoms with Crippen molar-refractivity contribution in [3.05, 3.63) is 26.8 Å². The Kier molecular flexibility index (Phi) is 4.33. The van der Waals surface area contributed by atoms with Gasteiger partial charge >= 0.3 is 0 Å². The van der Waals surface area contributed by atoms with E-state index in [9.17, 15) is 5.11 Å². The van der Waals surface area contributed by atoms with Crippen LogP contribution in [0.3, 0.4) is 0 Å². The van der Waals surface area contributed by atoms with Crippen LogP contribution in [-0.2, 0) is 0 Å². The highest BCUT2D eigenvalue weighted by Crippen LogP contribution is 2.28. The lowest BCUT2D eigenvalue weighted by atomic mass is 9.92. The molecule has 0 saturated heterocycles. The minimum atomic E-state index is -0.246. The largest absolute Gasteiger partial charge is 0.391 e. The summed E-state index contributed by atoms with van der Waals surface area (Å²) in [6.45, 7) is 0. The van der Waals surface area contributed by atoms with E-state index in [1.54, 1.807) is 0 Å². The Morgan fingerprint density at radius 2 is 2.06 bits per heavy atom. The SMILES string of the molecule is O[C@H]1CCCC[C@@H]1Nc1ccc(I)cc1Cl. The van der Waals surface area contributed by atoms with Crippen LogP contribution in [-0.4, -0.2) is 17.3 Å². The number of aliphatic hydroxyl groups is 1. The third-order valence-electron chi connectivity index (χ3n) is 3.00. The van der Waals surface area contributed by atoms with Crippen LogP contribution in [0.25, 0.3) is 0 Å². The highest BCUT2D eigenvalue weighted by molar-refractivity contribution is 14.1. The predicted molar refractivity (Wildman–Crippen MR) is 76.1 cm³/mol. The van der Waals surface area contributed by atoms with Crippen LogP contribution in [0.5, 0.6) is 0 Å². The minimum absolute atomic E-state index is 0.145. The molecule has 16 heavy (non-hydrogen) atoms. The summed E-state index contributed by atoms with van der Waals surface area (Å²) in [7, 11) is 0. The molecular formula is C12H15ClINO. The molecule has 0 aliphatic heterocycles. The summed E-state index contributed by atoms with van der Waals surface area (Å²) in [5.41, 5.74) is 0.924. The van der Waals surface area contributed by atoms with E-state index in [4.69, 9.17) is 11.6 Å². The van der Waals surface area contributed by atoms with Gasteiger partial charge < -0.3 is 10.4 Å². The van der Waals surface area contributed by atoms with Gasteiger partial charge in [0.15, 0.2) is 0 Å². The van der Waals surface area contributed by atoms with E-state index in [0.29, 0.717) is 0 Å². The number of rotatable bonds is 2. The maximum Gasteiger partial charge on any atom is 0.0741 e. The van der Waals surface area contributed by atoms with Crippen molar-refractivity contribution in [2.75, 3.05) is 5.32 Å². The van der Waals surface area contributed by atoms with E-state index in [-0.39, 0.29) is 12.1 Å². The van der Waals surface area contributed by atoms with Crippen molar-refractivity contribution in [2.24, 2.45) is 0 Å².